The third kappa shape index (κ3) is 7.66. The molecule has 1 saturated heterocycles. The molecule has 0 spiro atoms. The number of ketones is 1. The van der Waals surface area contributed by atoms with Gasteiger partial charge in [-0.05, 0) is 69.4 Å². The smallest absolute Gasteiger partial charge is 0.269 e. The zero-order valence-corrected chi connectivity index (χ0v) is 21.3. The number of amides is 1. The minimum atomic E-state index is -0.470. The number of anilines is 1. The van der Waals surface area contributed by atoms with E-state index in [1.165, 1.54) is 37.4 Å². The summed E-state index contributed by atoms with van der Waals surface area (Å²) in [5.41, 5.74) is 7.05. The topological polar surface area (TPSA) is 128 Å². The number of carbonyl (C=O) groups is 2. The molecular formula is C26H33ClN4O5. The van der Waals surface area contributed by atoms with E-state index < -0.39 is 4.92 Å². The number of rotatable bonds is 12. The summed E-state index contributed by atoms with van der Waals surface area (Å²) < 4.78 is 5.26. The summed E-state index contributed by atoms with van der Waals surface area (Å²) in [5.74, 6) is 0.615. The van der Waals surface area contributed by atoms with Gasteiger partial charge in [-0.25, -0.2) is 0 Å². The van der Waals surface area contributed by atoms with Gasteiger partial charge in [-0.3, -0.25) is 19.7 Å². The molecule has 36 heavy (non-hydrogen) atoms. The van der Waals surface area contributed by atoms with Crippen molar-refractivity contribution in [1.82, 2.24) is 10.2 Å². The lowest BCUT2D eigenvalue weighted by Gasteiger charge is -2.32. The third-order valence-electron chi connectivity index (χ3n) is 6.60. The number of benzene rings is 2. The van der Waals surface area contributed by atoms with Crippen LogP contribution >= 0.6 is 11.6 Å². The first kappa shape index (κ1) is 27.4. The first-order chi connectivity index (χ1) is 17.3. The largest absolute Gasteiger partial charge is 0.496 e. The maximum absolute atomic E-state index is 12.6. The molecule has 1 aliphatic heterocycles. The molecule has 1 aliphatic rings. The van der Waals surface area contributed by atoms with E-state index in [4.69, 9.17) is 22.1 Å². The summed E-state index contributed by atoms with van der Waals surface area (Å²) in [5, 5.41) is 14.0. The van der Waals surface area contributed by atoms with Gasteiger partial charge in [0.05, 0.1) is 28.3 Å². The van der Waals surface area contributed by atoms with Gasteiger partial charge >= 0.3 is 0 Å². The second-order valence-electron chi connectivity index (χ2n) is 9.11. The van der Waals surface area contributed by atoms with Crippen molar-refractivity contribution in [3.05, 3.63) is 62.7 Å². The number of halogens is 1. The monoisotopic (exact) mass is 516 g/mol. The van der Waals surface area contributed by atoms with Gasteiger partial charge in [0.2, 0.25) is 0 Å². The van der Waals surface area contributed by atoms with E-state index in [9.17, 15) is 19.7 Å². The molecule has 10 heteroatoms. The van der Waals surface area contributed by atoms with Gasteiger partial charge in [0, 0.05) is 36.7 Å². The fourth-order valence-electron chi connectivity index (χ4n) is 4.37. The van der Waals surface area contributed by atoms with Crippen molar-refractivity contribution in [1.29, 1.82) is 0 Å². The van der Waals surface area contributed by atoms with Gasteiger partial charge in [-0.1, -0.05) is 18.0 Å². The molecule has 0 aromatic heterocycles. The highest BCUT2D eigenvalue weighted by molar-refractivity contribution is 6.33. The number of nitro benzene ring substituents is 1. The van der Waals surface area contributed by atoms with Crippen molar-refractivity contribution >= 4 is 34.7 Å². The molecule has 2 aromatic rings. The number of non-ortho nitro benzene ring substituents is 1. The number of nitrogens with one attached hydrogen (secondary N) is 1. The van der Waals surface area contributed by atoms with Crippen LogP contribution in [0.25, 0.3) is 0 Å². The highest BCUT2D eigenvalue weighted by Crippen LogP contribution is 2.29. The number of piperidine rings is 1. The fraction of sp³-hybridized carbons (Fsp3) is 0.462. The summed E-state index contributed by atoms with van der Waals surface area (Å²) in [6.07, 6.45) is 5.25. The minimum absolute atomic E-state index is 0.00958. The fourth-order valence-corrected chi connectivity index (χ4v) is 4.54. The van der Waals surface area contributed by atoms with E-state index >= 15 is 0 Å². The molecule has 3 N–H and O–H groups in total. The van der Waals surface area contributed by atoms with Crippen LogP contribution in [0.4, 0.5) is 11.4 Å². The Balaban J connectivity index is 1.30. The number of unbranched alkanes of at least 4 members (excludes halogenated alkanes) is 2. The quantitative estimate of drug-likeness (QED) is 0.137. The maximum atomic E-state index is 12.6. The highest BCUT2D eigenvalue weighted by Gasteiger charge is 2.21. The van der Waals surface area contributed by atoms with Crippen molar-refractivity contribution in [2.75, 3.05) is 39.0 Å². The molecule has 194 valence electrons. The van der Waals surface area contributed by atoms with Crippen LogP contribution in [-0.4, -0.2) is 54.8 Å². The van der Waals surface area contributed by atoms with Crippen molar-refractivity contribution in [2.24, 2.45) is 5.92 Å². The predicted octanol–water partition coefficient (Wildman–Crippen LogP) is 4.72. The highest BCUT2D eigenvalue weighted by atomic mass is 35.5. The maximum Gasteiger partial charge on any atom is 0.269 e. The molecule has 1 heterocycles. The van der Waals surface area contributed by atoms with Crippen LogP contribution in [0.1, 0.15) is 59.2 Å². The normalized spacial score (nSPS) is 14.4. The summed E-state index contributed by atoms with van der Waals surface area (Å²) in [7, 11) is 1.49. The summed E-state index contributed by atoms with van der Waals surface area (Å²) in [4.78, 5) is 37.6. The molecule has 0 aliphatic carbocycles. The summed E-state index contributed by atoms with van der Waals surface area (Å²) in [6.45, 7) is 3.56. The summed E-state index contributed by atoms with van der Waals surface area (Å²) >= 11 is 6.07. The number of methoxy groups -OCH3 is 1. The Hall–Kier alpha value is -3.17. The number of Topliss-reactive ketones (excluding diaryl/α,β-unsaturated/α-hetero) is 1. The number of hydrogen-bond acceptors (Lipinski definition) is 7. The van der Waals surface area contributed by atoms with E-state index in [0.29, 0.717) is 46.5 Å². The van der Waals surface area contributed by atoms with Crippen LogP contribution in [0.2, 0.25) is 5.02 Å². The van der Waals surface area contributed by atoms with Crippen molar-refractivity contribution < 1.29 is 19.2 Å². The number of nitrogens with two attached hydrogens (primary N) is 1. The molecule has 0 atom stereocenters. The number of nitrogens with zero attached hydrogens (tertiary/aromatic N) is 2. The van der Waals surface area contributed by atoms with Crippen LogP contribution < -0.4 is 15.8 Å². The molecule has 2 aromatic carbocycles. The van der Waals surface area contributed by atoms with Crippen LogP contribution in [0.3, 0.4) is 0 Å². The average molecular weight is 517 g/mol. The van der Waals surface area contributed by atoms with Gasteiger partial charge in [-0.15, -0.1) is 0 Å². The van der Waals surface area contributed by atoms with Gasteiger partial charge in [0.25, 0.3) is 11.6 Å². The zero-order chi connectivity index (χ0) is 26.1. The Bertz CT molecular complexity index is 1070. The van der Waals surface area contributed by atoms with E-state index in [1.54, 1.807) is 6.07 Å². The molecule has 9 nitrogen and oxygen atoms in total. The van der Waals surface area contributed by atoms with Crippen LogP contribution in [0, 0.1) is 16.0 Å². The van der Waals surface area contributed by atoms with E-state index in [0.717, 1.165) is 51.7 Å². The standard InChI is InChI=1S/C26H33ClN4O5/c1-36-25-16-23(28)22(27)15-21(25)26(33)29-17-18-10-13-30(14-11-18)12-4-2-3-5-24(32)19-6-8-20(9-7-19)31(34)35/h6-9,15-16,18H,2-5,10-14,17,28H2,1H3,(H,29,33). The Kier molecular flexibility index (Phi) is 10.1. The first-order valence-corrected chi connectivity index (χ1v) is 12.6. The van der Waals surface area contributed by atoms with Crippen molar-refractivity contribution in [3.63, 3.8) is 0 Å². The number of likely N-dealkylation sites (tertiary alicyclic amines) is 1. The molecule has 1 amide bonds. The molecule has 0 unspecified atom stereocenters. The molecule has 3 rings (SSSR count). The Labute approximate surface area is 216 Å². The molecule has 1 fully saturated rings. The lowest BCUT2D eigenvalue weighted by molar-refractivity contribution is -0.384. The van der Waals surface area contributed by atoms with Crippen LogP contribution in [-0.2, 0) is 0 Å². The van der Waals surface area contributed by atoms with Crippen molar-refractivity contribution in [2.45, 2.75) is 38.5 Å². The lowest BCUT2D eigenvalue weighted by atomic mass is 9.96. The van der Waals surface area contributed by atoms with E-state index in [1.807, 2.05) is 0 Å². The number of nitrogen functional groups attached to an aromatic ring is 1. The zero-order valence-electron chi connectivity index (χ0n) is 20.5. The van der Waals surface area contributed by atoms with E-state index in [2.05, 4.69) is 10.2 Å². The first-order valence-electron chi connectivity index (χ1n) is 12.2. The molecule has 0 saturated carbocycles. The average Bonchev–Trinajstić information content (AvgIpc) is 2.89. The van der Waals surface area contributed by atoms with Gasteiger partial charge < -0.3 is 20.7 Å². The number of hydrogen-bond donors (Lipinski definition) is 2. The number of carbonyl (C=O) groups excluding carboxylic acids is 2. The van der Waals surface area contributed by atoms with Gasteiger partial charge in [0.15, 0.2) is 5.78 Å². The molecule has 0 bridgehead atoms. The third-order valence-corrected chi connectivity index (χ3v) is 6.93. The molecule has 0 radical (unpaired) electrons. The SMILES string of the molecule is COc1cc(N)c(Cl)cc1C(=O)NCC1CCN(CCCCCC(=O)c2ccc([N+](=O)[O-])cc2)CC1. The Morgan fingerprint density at radius 1 is 1.17 bits per heavy atom. The van der Waals surface area contributed by atoms with Gasteiger partial charge in [-0.2, -0.15) is 0 Å². The minimum Gasteiger partial charge on any atom is -0.496 e. The van der Waals surface area contributed by atoms with Gasteiger partial charge in [0.1, 0.15) is 5.75 Å². The number of ether oxygens (including phenoxy) is 1. The molecular weight excluding hydrogens is 484 g/mol. The van der Waals surface area contributed by atoms with Crippen LogP contribution in [0.15, 0.2) is 36.4 Å². The predicted molar refractivity (Wildman–Crippen MR) is 140 cm³/mol. The second-order valence-corrected chi connectivity index (χ2v) is 9.51. The van der Waals surface area contributed by atoms with Crippen LogP contribution in [0.5, 0.6) is 5.75 Å². The Morgan fingerprint density at radius 3 is 2.50 bits per heavy atom. The van der Waals surface area contributed by atoms with Crippen molar-refractivity contribution in [3.8, 4) is 5.75 Å². The lowest BCUT2D eigenvalue weighted by Crippen LogP contribution is -2.39. The number of nitro groups is 1. The summed E-state index contributed by atoms with van der Waals surface area (Å²) in [6, 6.07) is 8.87. The van der Waals surface area contributed by atoms with E-state index in [-0.39, 0.29) is 17.4 Å². The second kappa shape index (κ2) is 13.2. The Morgan fingerprint density at radius 2 is 1.86 bits per heavy atom.